The Balaban J connectivity index is 1.97. The van der Waals surface area contributed by atoms with Crippen molar-refractivity contribution in [3.8, 4) is 0 Å². The van der Waals surface area contributed by atoms with E-state index in [0.29, 0.717) is 22.4 Å². The Morgan fingerprint density at radius 1 is 1.44 bits per heavy atom. The van der Waals surface area contributed by atoms with Crippen LogP contribution in [0.3, 0.4) is 0 Å². The Bertz CT molecular complexity index is 447. The Morgan fingerprint density at radius 3 is 2.69 bits per heavy atom. The summed E-state index contributed by atoms with van der Waals surface area (Å²) in [6.07, 6.45) is 4.71. The highest BCUT2D eigenvalue weighted by Gasteiger charge is 2.20. The molecule has 2 rings (SSSR count). The molecule has 4 nitrogen and oxygen atoms in total. The number of nitrogens with one attached hydrogen (secondary N) is 1. The fourth-order valence-corrected chi connectivity index (χ4v) is 4.23. The summed E-state index contributed by atoms with van der Waals surface area (Å²) in [6.45, 7) is 0.556. The van der Waals surface area contributed by atoms with Crippen molar-refractivity contribution in [3.05, 3.63) is 11.4 Å². The molecule has 1 heterocycles. The zero-order chi connectivity index (χ0) is 11.6. The molecule has 1 aliphatic carbocycles. The highest BCUT2D eigenvalue weighted by Crippen LogP contribution is 2.25. The van der Waals surface area contributed by atoms with Crippen molar-refractivity contribution >= 4 is 27.0 Å². The molecule has 0 spiro atoms. The van der Waals surface area contributed by atoms with Gasteiger partial charge in [0, 0.05) is 17.6 Å². The summed E-state index contributed by atoms with van der Waals surface area (Å²) < 4.78 is 26.7. The van der Waals surface area contributed by atoms with Gasteiger partial charge in [0.05, 0.1) is 0 Å². The zero-order valence-corrected chi connectivity index (χ0v) is 10.6. The van der Waals surface area contributed by atoms with E-state index in [1.165, 1.54) is 18.9 Å². The van der Waals surface area contributed by atoms with Crippen molar-refractivity contribution in [1.82, 2.24) is 4.72 Å². The van der Waals surface area contributed by atoms with E-state index in [-0.39, 0.29) is 0 Å². The van der Waals surface area contributed by atoms with Crippen LogP contribution in [0.1, 0.15) is 25.7 Å². The number of hydrogen-bond acceptors (Lipinski definition) is 4. The van der Waals surface area contributed by atoms with Gasteiger partial charge >= 0.3 is 0 Å². The highest BCUT2D eigenvalue weighted by molar-refractivity contribution is 7.91. The number of anilines is 1. The van der Waals surface area contributed by atoms with Crippen LogP contribution < -0.4 is 10.5 Å². The van der Waals surface area contributed by atoms with Crippen molar-refractivity contribution < 1.29 is 8.42 Å². The third-order valence-corrected chi connectivity index (χ3v) is 5.78. The zero-order valence-electron chi connectivity index (χ0n) is 8.98. The first kappa shape index (κ1) is 11.9. The van der Waals surface area contributed by atoms with Crippen molar-refractivity contribution in [3.63, 3.8) is 0 Å². The normalized spacial score (nSPS) is 18.0. The van der Waals surface area contributed by atoms with Gasteiger partial charge in [0.25, 0.3) is 0 Å². The largest absolute Gasteiger partial charge is 0.398 e. The van der Waals surface area contributed by atoms with Gasteiger partial charge < -0.3 is 5.73 Å². The van der Waals surface area contributed by atoms with Crippen molar-refractivity contribution in [2.45, 2.75) is 29.9 Å². The molecule has 0 atom stereocenters. The molecule has 1 aromatic heterocycles. The molecule has 0 amide bonds. The first-order valence-electron chi connectivity index (χ1n) is 5.41. The standard InChI is InChI=1S/C10H16N2O2S2/c11-9-5-10(15-7-9)16(13,14)12-6-8-3-1-2-4-8/h5,7-8,12H,1-4,6,11H2. The number of hydrogen-bond donors (Lipinski definition) is 2. The maximum absolute atomic E-state index is 11.8. The average molecular weight is 260 g/mol. The minimum atomic E-state index is -3.34. The first-order valence-corrected chi connectivity index (χ1v) is 7.78. The van der Waals surface area contributed by atoms with E-state index in [0.717, 1.165) is 24.2 Å². The van der Waals surface area contributed by atoms with Gasteiger partial charge in [0.2, 0.25) is 10.0 Å². The third-order valence-electron chi connectivity index (χ3n) is 2.90. The van der Waals surface area contributed by atoms with Gasteiger partial charge in [-0.1, -0.05) is 12.8 Å². The van der Waals surface area contributed by atoms with Gasteiger partial charge in [0.15, 0.2) is 0 Å². The summed E-state index contributed by atoms with van der Waals surface area (Å²) in [5.74, 6) is 0.507. The minimum absolute atomic E-state index is 0.308. The smallest absolute Gasteiger partial charge is 0.250 e. The second kappa shape index (κ2) is 4.73. The Morgan fingerprint density at radius 2 is 2.12 bits per heavy atom. The molecule has 0 aliphatic heterocycles. The monoisotopic (exact) mass is 260 g/mol. The molecule has 6 heteroatoms. The predicted molar refractivity (Wildman–Crippen MR) is 65.9 cm³/mol. The number of rotatable bonds is 4. The summed E-state index contributed by atoms with van der Waals surface area (Å²) >= 11 is 1.16. The summed E-state index contributed by atoms with van der Waals surface area (Å²) in [7, 11) is -3.34. The lowest BCUT2D eigenvalue weighted by Crippen LogP contribution is -2.27. The molecular formula is C10H16N2O2S2. The fraction of sp³-hybridized carbons (Fsp3) is 0.600. The van der Waals surface area contributed by atoms with Gasteiger partial charge in [-0.3, -0.25) is 0 Å². The minimum Gasteiger partial charge on any atom is -0.398 e. The topological polar surface area (TPSA) is 72.2 Å². The van der Waals surface area contributed by atoms with Crippen LogP contribution in [-0.4, -0.2) is 15.0 Å². The van der Waals surface area contributed by atoms with E-state index in [2.05, 4.69) is 4.72 Å². The van der Waals surface area contributed by atoms with Gasteiger partial charge in [-0.2, -0.15) is 0 Å². The van der Waals surface area contributed by atoms with Gasteiger partial charge in [-0.15, -0.1) is 11.3 Å². The Labute approximate surface area is 99.9 Å². The maximum Gasteiger partial charge on any atom is 0.250 e. The van der Waals surface area contributed by atoms with Gasteiger partial charge in [-0.25, -0.2) is 13.1 Å². The molecule has 0 unspecified atom stereocenters. The fourth-order valence-electron chi connectivity index (χ4n) is 1.98. The van der Waals surface area contributed by atoms with E-state index in [4.69, 9.17) is 5.73 Å². The van der Waals surface area contributed by atoms with Crippen LogP contribution in [-0.2, 0) is 10.0 Å². The number of thiophene rings is 1. The lowest BCUT2D eigenvalue weighted by atomic mass is 10.1. The van der Waals surface area contributed by atoms with Crippen LogP contribution in [0.2, 0.25) is 0 Å². The van der Waals surface area contributed by atoms with Crippen LogP contribution in [0.4, 0.5) is 5.69 Å². The maximum atomic E-state index is 11.8. The second-order valence-corrected chi connectivity index (χ2v) is 7.11. The third kappa shape index (κ3) is 2.75. The van der Waals surface area contributed by atoms with Crippen LogP contribution in [0.25, 0.3) is 0 Å². The molecule has 90 valence electrons. The highest BCUT2D eigenvalue weighted by atomic mass is 32.2. The number of sulfonamides is 1. The van der Waals surface area contributed by atoms with E-state index >= 15 is 0 Å². The summed E-state index contributed by atoms with van der Waals surface area (Å²) in [4.78, 5) is 0. The molecule has 0 saturated heterocycles. The lowest BCUT2D eigenvalue weighted by molar-refractivity contribution is 0.520. The molecule has 0 radical (unpaired) electrons. The van der Waals surface area contributed by atoms with Crippen molar-refractivity contribution in [2.24, 2.45) is 5.92 Å². The van der Waals surface area contributed by atoms with Crippen LogP contribution >= 0.6 is 11.3 Å². The lowest BCUT2D eigenvalue weighted by Gasteiger charge is -2.09. The second-order valence-electron chi connectivity index (χ2n) is 4.20. The summed E-state index contributed by atoms with van der Waals surface area (Å²) in [5.41, 5.74) is 6.02. The Hall–Kier alpha value is -0.590. The first-order chi connectivity index (χ1) is 7.58. The van der Waals surface area contributed by atoms with E-state index in [1.807, 2.05) is 0 Å². The number of nitrogens with two attached hydrogens (primary N) is 1. The van der Waals surface area contributed by atoms with Crippen LogP contribution in [0.15, 0.2) is 15.7 Å². The quantitative estimate of drug-likeness (QED) is 0.867. The summed E-state index contributed by atoms with van der Waals surface area (Å²) in [6, 6.07) is 1.50. The molecule has 16 heavy (non-hydrogen) atoms. The molecule has 1 saturated carbocycles. The van der Waals surface area contributed by atoms with Crippen LogP contribution in [0.5, 0.6) is 0 Å². The SMILES string of the molecule is Nc1csc(S(=O)(=O)NCC2CCCC2)c1. The molecule has 1 aliphatic rings. The molecule has 0 aromatic carbocycles. The molecule has 1 fully saturated rings. The van der Waals surface area contributed by atoms with Crippen molar-refractivity contribution in [1.29, 1.82) is 0 Å². The summed E-state index contributed by atoms with van der Waals surface area (Å²) in [5, 5.41) is 1.64. The van der Waals surface area contributed by atoms with Crippen molar-refractivity contribution in [2.75, 3.05) is 12.3 Å². The van der Waals surface area contributed by atoms with E-state index in [9.17, 15) is 8.42 Å². The predicted octanol–water partition coefficient (Wildman–Crippen LogP) is 1.80. The molecular weight excluding hydrogens is 244 g/mol. The number of nitrogen functional groups attached to an aromatic ring is 1. The average Bonchev–Trinajstić information content (AvgIpc) is 2.85. The molecule has 1 aromatic rings. The molecule has 0 bridgehead atoms. The van der Waals surface area contributed by atoms with Gasteiger partial charge in [0.1, 0.15) is 4.21 Å². The van der Waals surface area contributed by atoms with Gasteiger partial charge in [-0.05, 0) is 24.8 Å². The van der Waals surface area contributed by atoms with E-state index < -0.39 is 10.0 Å². The van der Waals surface area contributed by atoms with Crippen LogP contribution in [0, 0.1) is 5.92 Å². The molecule has 3 N–H and O–H groups in total. The van der Waals surface area contributed by atoms with E-state index in [1.54, 1.807) is 5.38 Å². The Kier molecular flexibility index (Phi) is 3.51.